The van der Waals surface area contributed by atoms with Crippen LogP contribution in [0.2, 0.25) is 0 Å². The molecule has 0 saturated heterocycles. The van der Waals surface area contributed by atoms with Crippen molar-refractivity contribution in [3.05, 3.63) is 23.4 Å². The fraction of sp³-hybridized carbons (Fsp3) is 0.667. The number of nitrogens with zero attached hydrogens (tertiary/aromatic N) is 1. The lowest BCUT2D eigenvalue weighted by molar-refractivity contribution is 0.439. The average molecular weight is 228 g/mol. The third kappa shape index (κ3) is 1.65. The maximum atomic E-state index is 4.79. The van der Waals surface area contributed by atoms with Crippen LogP contribution in [0.25, 0.3) is 0 Å². The Bertz CT molecular complexity index is 441. The van der Waals surface area contributed by atoms with Crippen LogP contribution in [0.15, 0.2) is 12.1 Å². The largest absolute Gasteiger partial charge is 0.367 e. The van der Waals surface area contributed by atoms with Crippen molar-refractivity contribution in [1.82, 2.24) is 4.98 Å². The first kappa shape index (κ1) is 9.93. The summed E-state index contributed by atoms with van der Waals surface area (Å²) in [4.78, 5) is 4.79. The smallest absolute Gasteiger partial charge is 0.126 e. The van der Waals surface area contributed by atoms with Gasteiger partial charge in [-0.2, -0.15) is 0 Å². The van der Waals surface area contributed by atoms with Crippen LogP contribution in [0.1, 0.15) is 43.4 Å². The van der Waals surface area contributed by atoms with E-state index in [1.165, 1.54) is 56.2 Å². The van der Waals surface area contributed by atoms with Crippen LogP contribution in [-0.2, 0) is 12.8 Å². The van der Waals surface area contributed by atoms with E-state index in [2.05, 4.69) is 17.4 Å². The lowest BCUT2D eigenvalue weighted by atomic mass is 9.95. The quantitative estimate of drug-likeness (QED) is 0.841. The van der Waals surface area contributed by atoms with Crippen molar-refractivity contribution in [2.75, 3.05) is 5.32 Å². The molecular formula is C15H20N2. The zero-order chi connectivity index (χ0) is 11.2. The van der Waals surface area contributed by atoms with Crippen molar-refractivity contribution in [2.45, 2.75) is 51.0 Å². The maximum Gasteiger partial charge on any atom is 0.126 e. The first-order valence-electron chi connectivity index (χ1n) is 7.14. The molecule has 0 aliphatic heterocycles. The van der Waals surface area contributed by atoms with Gasteiger partial charge in [-0.3, -0.25) is 0 Å². The number of aryl methyl sites for hydroxylation is 2. The molecule has 0 amide bonds. The number of anilines is 1. The molecular weight excluding hydrogens is 208 g/mol. The minimum Gasteiger partial charge on any atom is -0.367 e. The molecule has 3 atom stereocenters. The molecule has 4 rings (SSSR count). The van der Waals surface area contributed by atoms with Gasteiger partial charge in [0, 0.05) is 11.7 Å². The van der Waals surface area contributed by atoms with Crippen molar-refractivity contribution >= 4 is 5.82 Å². The summed E-state index contributed by atoms with van der Waals surface area (Å²) in [7, 11) is 0. The Kier molecular flexibility index (Phi) is 2.17. The van der Waals surface area contributed by atoms with E-state index in [0.29, 0.717) is 6.04 Å². The molecule has 90 valence electrons. The van der Waals surface area contributed by atoms with E-state index in [1.54, 1.807) is 0 Å². The van der Waals surface area contributed by atoms with E-state index in [4.69, 9.17) is 4.98 Å². The van der Waals surface area contributed by atoms with Crippen LogP contribution in [0.3, 0.4) is 0 Å². The molecule has 2 heteroatoms. The van der Waals surface area contributed by atoms with Crippen LogP contribution in [0.4, 0.5) is 5.82 Å². The molecule has 0 spiro atoms. The van der Waals surface area contributed by atoms with Gasteiger partial charge in [0.15, 0.2) is 0 Å². The lowest BCUT2D eigenvalue weighted by Crippen LogP contribution is -2.26. The molecule has 17 heavy (non-hydrogen) atoms. The topological polar surface area (TPSA) is 24.9 Å². The van der Waals surface area contributed by atoms with Crippen LogP contribution in [0.5, 0.6) is 0 Å². The van der Waals surface area contributed by atoms with Gasteiger partial charge in [-0.1, -0.05) is 12.5 Å². The third-order valence-electron chi connectivity index (χ3n) is 5.00. The Labute approximate surface area is 103 Å². The van der Waals surface area contributed by atoms with E-state index in [0.717, 1.165) is 17.7 Å². The van der Waals surface area contributed by atoms with Crippen molar-refractivity contribution in [2.24, 2.45) is 11.8 Å². The predicted octanol–water partition coefficient (Wildman–Crippen LogP) is 3.17. The summed E-state index contributed by atoms with van der Waals surface area (Å²) >= 11 is 0. The van der Waals surface area contributed by atoms with E-state index in [9.17, 15) is 0 Å². The first-order valence-corrected chi connectivity index (χ1v) is 7.14. The first-order chi connectivity index (χ1) is 8.38. The van der Waals surface area contributed by atoms with Gasteiger partial charge in [-0.25, -0.2) is 4.98 Å². The number of hydrogen-bond acceptors (Lipinski definition) is 2. The maximum absolute atomic E-state index is 4.79. The van der Waals surface area contributed by atoms with Gasteiger partial charge in [0.05, 0.1) is 0 Å². The molecule has 2 fully saturated rings. The molecule has 0 aromatic carbocycles. The highest BCUT2D eigenvalue weighted by Gasteiger charge is 2.39. The number of nitrogens with one attached hydrogen (secondary N) is 1. The van der Waals surface area contributed by atoms with Crippen LogP contribution in [0, 0.1) is 11.8 Å². The van der Waals surface area contributed by atoms with E-state index in [1.807, 2.05) is 0 Å². The molecule has 3 unspecified atom stereocenters. The number of hydrogen-bond donors (Lipinski definition) is 1. The number of pyridine rings is 1. The SMILES string of the molecule is c1cc2c(nc1NC1CC3CCC1C3)CCC2. The zero-order valence-electron chi connectivity index (χ0n) is 10.3. The Hall–Kier alpha value is -1.05. The summed E-state index contributed by atoms with van der Waals surface area (Å²) < 4.78 is 0. The molecule has 1 N–H and O–H groups in total. The van der Waals surface area contributed by atoms with Crippen molar-refractivity contribution in [1.29, 1.82) is 0 Å². The summed E-state index contributed by atoms with van der Waals surface area (Å²) in [5.41, 5.74) is 2.82. The molecule has 3 aliphatic rings. The Morgan fingerprint density at radius 3 is 2.94 bits per heavy atom. The molecule has 1 aromatic heterocycles. The van der Waals surface area contributed by atoms with Gasteiger partial charge < -0.3 is 5.32 Å². The summed E-state index contributed by atoms with van der Waals surface area (Å²) in [5.74, 6) is 3.06. The minimum absolute atomic E-state index is 0.709. The van der Waals surface area contributed by atoms with E-state index in [-0.39, 0.29) is 0 Å². The molecule has 1 heterocycles. The third-order valence-corrected chi connectivity index (χ3v) is 5.00. The van der Waals surface area contributed by atoms with Gasteiger partial charge in [0.2, 0.25) is 0 Å². The van der Waals surface area contributed by atoms with E-state index >= 15 is 0 Å². The normalized spacial score (nSPS) is 34.0. The number of fused-ring (bicyclic) bond motifs is 3. The second-order valence-corrected chi connectivity index (χ2v) is 6.08. The van der Waals surface area contributed by atoms with Gasteiger partial charge in [-0.05, 0) is 62.0 Å². The Balaban J connectivity index is 1.52. The molecule has 2 nitrogen and oxygen atoms in total. The summed E-state index contributed by atoms with van der Waals surface area (Å²) in [6.45, 7) is 0. The highest BCUT2D eigenvalue weighted by atomic mass is 15.0. The second-order valence-electron chi connectivity index (χ2n) is 6.08. The van der Waals surface area contributed by atoms with Crippen molar-refractivity contribution < 1.29 is 0 Å². The summed E-state index contributed by atoms with van der Waals surface area (Å²) in [6, 6.07) is 5.18. The number of rotatable bonds is 2. The summed E-state index contributed by atoms with van der Waals surface area (Å²) in [6.07, 6.45) is 9.46. The Morgan fingerprint density at radius 2 is 2.12 bits per heavy atom. The second kappa shape index (κ2) is 3.72. The van der Waals surface area contributed by atoms with Crippen LogP contribution < -0.4 is 5.32 Å². The van der Waals surface area contributed by atoms with E-state index < -0.39 is 0 Å². The lowest BCUT2D eigenvalue weighted by Gasteiger charge is -2.23. The molecule has 1 aromatic rings. The fourth-order valence-electron chi connectivity index (χ4n) is 4.11. The average Bonchev–Trinajstić information content (AvgIpc) is 3.03. The monoisotopic (exact) mass is 228 g/mol. The van der Waals surface area contributed by atoms with Crippen molar-refractivity contribution in [3.8, 4) is 0 Å². The highest BCUT2D eigenvalue weighted by Crippen LogP contribution is 2.45. The molecule has 0 radical (unpaired) electrons. The molecule has 3 aliphatic carbocycles. The van der Waals surface area contributed by atoms with Gasteiger partial charge >= 0.3 is 0 Å². The Morgan fingerprint density at radius 1 is 1.12 bits per heavy atom. The molecule has 2 bridgehead atoms. The van der Waals surface area contributed by atoms with Gasteiger partial charge in [0.25, 0.3) is 0 Å². The van der Waals surface area contributed by atoms with Gasteiger partial charge in [0.1, 0.15) is 5.82 Å². The zero-order valence-corrected chi connectivity index (χ0v) is 10.3. The predicted molar refractivity (Wildman–Crippen MR) is 69.1 cm³/mol. The van der Waals surface area contributed by atoms with Crippen LogP contribution in [-0.4, -0.2) is 11.0 Å². The van der Waals surface area contributed by atoms with Crippen molar-refractivity contribution in [3.63, 3.8) is 0 Å². The minimum atomic E-state index is 0.709. The number of aromatic nitrogens is 1. The molecule has 2 saturated carbocycles. The fourth-order valence-corrected chi connectivity index (χ4v) is 4.11. The van der Waals surface area contributed by atoms with Crippen LogP contribution >= 0.6 is 0 Å². The van der Waals surface area contributed by atoms with Gasteiger partial charge in [-0.15, -0.1) is 0 Å². The highest BCUT2D eigenvalue weighted by molar-refractivity contribution is 5.41. The summed E-state index contributed by atoms with van der Waals surface area (Å²) in [5, 5.41) is 3.69. The standard InChI is InChI=1S/C15H20N2/c1-2-11-6-7-15(16-13(11)3-1)17-14-9-10-4-5-12(14)8-10/h6-7,10,12,14H,1-5,8-9H2,(H,16,17).